The molecule has 0 bridgehead atoms. The maximum atomic E-state index is 13.0. The van der Waals surface area contributed by atoms with Crippen LogP contribution in [0, 0.1) is 0 Å². The molecule has 0 saturated heterocycles. The molecular weight excluding hydrogens is 370 g/mol. The standard InChI is InChI=1S/C23H31NO5/c1-6-9-12-24-16(4)21(23(26)27-5)18(22(24)25)14-17-10-11-19(29-13-7-2)20(15-17)28-8-3/h10-11,14-15H,6-9,12-13H2,1-5H3/b18-14-. The first-order chi connectivity index (χ1) is 14.0. The molecule has 0 atom stereocenters. The van der Waals surface area contributed by atoms with Crippen molar-refractivity contribution in [1.29, 1.82) is 0 Å². The second-order valence-electron chi connectivity index (χ2n) is 6.81. The summed E-state index contributed by atoms with van der Waals surface area (Å²) >= 11 is 0. The van der Waals surface area contributed by atoms with Gasteiger partial charge in [0.05, 0.1) is 31.5 Å². The summed E-state index contributed by atoms with van der Waals surface area (Å²) in [6.45, 7) is 9.47. The van der Waals surface area contributed by atoms with E-state index in [1.807, 2.05) is 32.0 Å². The highest BCUT2D eigenvalue weighted by molar-refractivity contribution is 6.16. The third-order valence-electron chi connectivity index (χ3n) is 4.68. The molecule has 2 rings (SSSR count). The molecule has 29 heavy (non-hydrogen) atoms. The zero-order chi connectivity index (χ0) is 21.4. The molecule has 1 heterocycles. The Hall–Kier alpha value is -2.76. The number of unbranched alkanes of at least 4 members (excludes halogenated alkanes) is 1. The highest BCUT2D eigenvalue weighted by atomic mass is 16.5. The van der Waals surface area contributed by atoms with Crippen molar-refractivity contribution < 1.29 is 23.8 Å². The van der Waals surface area contributed by atoms with Crippen molar-refractivity contribution in [2.75, 3.05) is 26.9 Å². The number of methoxy groups -OCH3 is 1. The summed E-state index contributed by atoms with van der Waals surface area (Å²) in [5, 5.41) is 0. The second kappa shape index (κ2) is 10.7. The zero-order valence-corrected chi connectivity index (χ0v) is 18.0. The lowest BCUT2D eigenvalue weighted by atomic mass is 10.0. The lowest BCUT2D eigenvalue weighted by molar-refractivity contribution is -0.136. The Balaban J connectivity index is 2.45. The predicted molar refractivity (Wildman–Crippen MR) is 113 cm³/mol. The first kappa shape index (κ1) is 22.5. The molecule has 1 aliphatic heterocycles. The molecule has 0 fully saturated rings. The van der Waals surface area contributed by atoms with Gasteiger partial charge in [-0.05, 0) is 50.5 Å². The molecule has 0 spiro atoms. The monoisotopic (exact) mass is 401 g/mol. The molecule has 0 aromatic heterocycles. The Morgan fingerprint density at radius 2 is 1.86 bits per heavy atom. The minimum absolute atomic E-state index is 0.180. The molecule has 1 aliphatic rings. The van der Waals surface area contributed by atoms with Crippen LogP contribution in [0.1, 0.15) is 52.5 Å². The molecule has 1 aromatic carbocycles. The Morgan fingerprint density at radius 1 is 1.10 bits per heavy atom. The third kappa shape index (κ3) is 5.19. The smallest absolute Gasteiger partial charge is 0.340 e. The molecular formula is C23H31NO5. The molecule has 1 amide bonds. The number of amides is 1. The first-order valence-corrected chi connectivity index (χ1v) is 10.2. The number of rotatable bonds is 10. The van der Waals surface area contributed by atoms with Crippen molar-refractivity contribution in [3.8, 4) is 11.5 Å². The van der Waals surface area contributed by atoms with Gasteiger partial charge in [0.2, 0.25) is 0 Å². The third-order valence-corrected chi connectivity index (χ3v) is 4.68. The van der Waals surface area contributed by atoms with E-state index in [1.165, 1.54) is 7.11 Å². The van der Waals surface area contributed by atoms with Gasteiger partial charge < -0.3 is 19.1 Å². The summed E-state index contributed by atoms with van der Waals surface area (Å²) in [5.41, 5.74) is 2.05. The number of hydrogen-bond acceptors (Lipinski definition) is 5. The molecule has 6 heteroatoms. The summed E-state index contributed by atoms with van der Waals surface area (Å²) in [6, 6.07) is 5.51. The Labute approximate surface area is 173 Å². The maximum Gasteiger partial charge on any atom is 0.340 e. The van der Waals surface area contributed by atoms with Crippen molar-refractivity contribution in [2.45, 2.75) is 47.0 Å². The van der Waals surface area contributed by atoms with Gasteiger partial charge in [-0.2, -0.15) is 0 Å². The topological polar surface area (TPSA) is 65.1 Å². The normalized spacial score (nSPS) is 15.3. The van der Waals surface area contributed by atoms with Crippen LogP contribution in [-0.4, -0.2) is 43.6 Å². The van der Waals surface area contributed by atoms with Gasteiger partial charge >= 0.3 is 5.97 Å². The first-order valence-electron chi connectivity index (χ1n) is 10.2. The van der Waals surface area contributed by atoms with E-state index in [-0.39, 0.29) is 5.91 Å². The number of allylic oxidation sites excluding steroid dienone is 1. The van der Waals surface area contributed by atoms with Gasteiger partial charge in [-0.15, -0.1) is 0 Å². The second-order valence-corrected chi connectivity index (χ2v) is 6.81. The predicted octanol–water partition coefficient (Wildman–Crippen LogP) is 4.35. The summed E-state index contributed by atoms with van der Waals surface area (Å²) in [4.78, 5) is 27.1. The highest BCUT2D eigenvalue weighted by Gasteiger charge is 2.36. The van der Waals surface area contributed by atoms with Gasteiger partial charge in [-0.3, -0.25) is 4.79 Å². The van der Waals surface area contributed by atoms with Crippen LogP contribution in [0.4, 0.5) is 0 Å². The lowest BCUT2D eigenvalue weighted by Crippen LogP contribution is -2.26. The van der Waals surface area contributed by atoms with E-state index in [2.05, 4.69) is 6.92 Å². The van der Waals surface area contributed by atoms with Crippen LogP contribution in [-0.2, 0) is 14.3 Å². The van der Waals surface area contributed by atoms with E-state index in [0.29, 0.717) is 48.1 Å². The largest absolute Gasteiger partial charge is 0.490 e. The van der Waals surface area contributed by atoms with E-state index in [4.69, 9.17) is 14.2 Å². The van der Waals surface area contributed by atoms with Crippen molar-refractivity contribution in [3.05, 3.63) is 40.6 Å². The summed E-state index contributed by atoms with van der Waals surface area (Å²) in [7, 11) is 1.33. The summed E-state index contributed by atoms with van der Waals surface area (Å²) in [5.74, 6) is 0.594. The molecule has 0 saturated carbocycles. The van der Waals surface area contributed by atoms with Gasteiger partial charge in [0.25, 0.3) is 5.91 Å². The van der Waals surface area contributed by atoms with Crippen LogP contribution in [0.25, 0.3) is 6.08 Å². The average molecular weight is 402 g/mol. The average Bonchev–Trinajstić information content (AvgIpc) is 2.95. The highest BCUT2D eigenvalue weighted by Crippen LogP contribution is 2.34. The van der Waals surface area contributed by atoms with Gasteiger partial charge in [0.1, 0.15) is 0 Å². The van der Waals surface area contributed by atoms with Crippen LogP contribution in [0.2, 0.25) is 0 Å². The van der Waals surface area contributed by atoms with Crippen molar-refractivity contribution in [1.82, 2.24) is 4.90 Å². The van der Waals surface area contributed by atoms with E-state index < -0.39 is 5.97 Å². The summed E-state index contributed by atoms with van der Waals surface area (Å²) in [6.07, 6.45) is 4.44. The number of nitrogens with zero attached hydrogens (tertiary/aromatic N) is 1. The number of ether oxygens (including phenoxy) is 3. The molecule has 158 valence electrons. The molecule has 0 N–H and O–H groups in total. The maximum absolute atomic E-state index is 13.0. The lowest BCUT2D eigenvalue weighted by Gasteiger charge is -2.17. The minimum Gasteiger partial charge on any atom is -0.490 e. The van der Waals surface area contributed by atoms with Gasteiger partial charge in [0, 0.05) is 12.2 Å². The van der Waals surface area contributed by atoms with Gasteiger partial charge in [-0.25, -0.2) is 4.79 Å². The van der Waals surface area contributed by atoms with E-state index in [1.54, 1.807) is 17.9 Å². The number of benzene rings is 1. The number of hydrogen-bond donors (Lipinski definition) is 0. The number of esters is 1. The number of carbonyl (C=O) groups excluding carboxylic acids is 2. The Bertz CT molecular complexity index is 809. The van der Waals surface area contributed by atoms with Crippen LogP contribution < -0.4 is 9.47 Å². The quantitative estimate of drug-likeness (QED) is 0.431. The van der Waals surface area contributed by atoms with Crippen LogP contribution in [0.3, 0.4) is 0 Å². The fourth-order valence-corrected chi connectivity index (χ4v) is 3.19. The molecule has 1 aromatic rings. The molecule has 6 nitrogen and oxygen atoms in total. The van der Waals surface area contributed by atoms with Gasteiger partial charge in [0.15, 0.2) is 11.5 Å². The van der Waals surface area contributed by atoms with E-state index in [9.17, 15) is 9.59 Å². The minimum atomic E-state index is -0.506. The fourth-order valence-electron chi connectivity index (χ4n) is 3.19. The number of carbonyl (C=O) groups is 2. The van der Waals surface area contributed by atoms with Crippen LogP contribution >= 0.6 is 0 Å². The Kier molecular flexibility index (Phi) is 8.31. The SMILES string of the molecule is CCCCN1C(=O)/C(=C\c2ccc(OCCC)c(OCC)c2)C(C(=O)OC)=C1C. The zero-order valence-electron chi connectivity index (χ0n) is 18.0. The van der Waals surface area contributed by atoms with Gasteiger partial charge in [-0.1, -0.05) is 26.3 Å². The molecule has 0 radical (unpaired) electrons. The summed E-state index contributed by atoms with van der Waals surface area (Å²) < 4.78 is 16.4. The van der Waals surface area contributed by atoms with Crippen LogP contribution in [0.5, 0.6) is 11.5 Å². The van der Waals surface area contributed by atoms with Crippen molar-refractivity contribution >= 4 is 18.0 Å². The van der Waals surface area contributed by atoms with E-state index >= 15 is 0 Å². The van der Waals surface area contributed by atoms with Crippen molar-refractivity contribution in [3.63, 3.8) is 0 Å². The Morgan fingerprint density at radius 3 is 2.48 bits per heavy atom. The molecule has 0 aliphatic carbocycles. The van der Waals surface area contributed by atoms with E-state index in [0.717, 1.165) is 24.8 Å². The van der Waals surface area contributed by atoms with Crippen LogP contribution in [0.15, 0.2) is 35.0 Å². The van der Waals surface area contributed by atoms with Crippen molar-refractivity contribution in [2.24, 2.45) is 0 Å². The molecule has 0 unspecified atom stereocenters. The fraction of sp³-hybridized carbons (Fsp3) is 0.478.